The lowest BCUT2D eigenvalue weighted by Gasteiger charge is -2.42. The van der Waals surface area contributed by atoms with Crippen LogP contribution in [0.4, 0.5) is 19.0 Å². The molecule has 192 valence electrons. The predicted molar refractivity (Wildman–Crippen MR) is 128 cm³/mol. The predicted octanol–water partition coefficient (Wildman–Crippen LogP) is 3.29. The number of nitrogens with zero attached hydrogens (tertiary/aromatic N) is 7. The van der Waals surface area contributed by atoms with Gasteiger partial charge in [0.25, 0.3) is 0 Å². The number of halogens is 3. The van der Waals surface area contributed by atoms with Gasteiger partial charge in [-0.1, -0.05) is 0 Å². The minimum atomic E-state index is -4.45. The molecule has 3 aliphatic rings. The number of hydrogen-bond acceptors (Lipinski definition) is 7. The van der Waals surface area contributed by atoms with Crippen LogP contribution in [0.25, 0.3) is 17.2 Å². The molecule has 2 saturated heterocycles. The highest BCUT2D eigenvalue weighted by atomic mass is 19.4. The van der Waals surface area contributed by atoms with Crippen molar-refractivity contribution in [1.29, 1.82) is 0 Å². The molecule has 6 heterocycles. The summed E-state index contributed by atoms with van der Waals surface area (Å²) in [5.41, 5.74) is 1.19. The lowest BCUT2D eigenvalue weighted by molar-refractivity contribution is -0.137. The van der Waals surface area contributed by atoms with Crippen LogP contribution in [0.15, 0.2) is 49.2 Å². The molecule has 0 amide bonds. The summed E-state index contributed by atoms with van der Waals surface area (Å²) in [5.74, 6) is 3.14. The maximum Gasteiger partial charge on any atom is 0.417 e. The SMILES string of the molecule is FC(F)(F)c1ccc2ncc(-c3nccc(N4CCN(CC5C6COCC65)C(c5cn[nH]c5)C4)n3)n2c1. The number of anilines is 1. The second kappa shape index (κ2) is 8.52. The summed E-state index contributed by atoms with van der Waals surface area (Å²) < 4.78 is 46.9. The van der Waals surface area contributed by atoms with Crippen molar-refractivity contribution in [1.82, 2.24) is 34.4 Å². The maximum absolute atomic E-state index is 13.3. The number of pyridine rings is 1. The Morgan fingerprint density at radius 3 is 2.70 bits per heavy atom. The Morgan fingerprint density at radius 2 is 1.92 bits per heavy atom. The van der Waals surface area contributed by atoms with Crippen LogP contribution in [-0.2, 0) is 10.9 Å². The molecule has 0 spiro atoms. The van der Waals surface area contributed by atoms with E-state index in [1.54, 1.807) is 6.20 Å². The van der Waals surface area contributed by atoms with Gasteiger partial charge in [0.15, 0.2) is 5.82 Å². The average molecular weight is 511 g/mol. The second-order valence-corrected chi connectivity index (χ2v) is 10.0. The van der Waals surface area contributed by atoms with Gasteiger partial charge in [0.1, 0.15) is 17.2 Å². The summed E-state index contributed by atoms with van der Waals surface area (Å²) >= 11 is 0. The van der Waals surface area contributed by atoms with Gasteiger partial charge < -0.3 is 9.64 Å². The molecule has 2 aliphatic heterocycles. The molecule has 0 radical (unpaired) electrons. The van der Waals surface area contributed by atoms with Gasteiger partial charge in [-0.15, -0.1) is 0 Å². The van der Waals surface area contributed by atoms with Gasteiger partial charge in [-0.25, -0.2) is 15.0 Å². The summed E-state index contributed by atoms with van der Waals surface area (Å²) in [4.78, 5) is 18.1. The number of hydrogen-bond donors (Lipinski definition) is 1. The summed E-state index contributed by atoms with van der Waals surface area (Å²) in [6.45, 7) is 5.18. The van der Waals surface area contributed by atoms with E-state index in [2.05, 4.69) is 30.0 Å². The van der Waals surface area contributed by atoms with E-state index in [9.17, 15) is 13.2 Å². The molecule has 1 saturated carbocycles. The van der Waals surface area contributed by atoms with E-state index in [-0.39, 0.29) is 6.04 Å². The second-order valence-electron chi connectivity index (χ2n) is 10.0. The third-order valence-electron chi connectivity index (χ3n) is 8.00. The first-order chi connectivity index (χ1) is 18.0. The highest BCUT2D eigenvalue weighted by molar-refractivity contribution is 5.59. The van der Waals surface area contributed by atoms with Crippen molar-refractivity contribution in [3.05, 3.63) is 60.3 Å². The molecule has 3 unspecified atom stereocenters. The zero-order valence-electron chi connectivity index (χ0n) is 19.8. The van der Waals surface area contributed by atoms with E-state index in [1.165, 1.54) is 16.7 Å². The van der Waals surface area contributed by atoms with E-state index in [4.69, 9.17) is 9.72 Å². The minimum absolute atomic E-state index is 0.151. The molecule has 3 atom stereocenters. The molecule has 37 heavy (non-hydrogen) atoms. The van der Waals surface area contributed by atoms with Crippen molar-refractivity contribution in [2.24, 2.45) is 17.8 Å². The van der Waals surface area contributed by atoms with Gasteiger partial charge in [0, 0.05) is 50.3 Å². The Labute approximate surface area is 210 Å². The summed E-state index contributed by atoms with van der Waals surface area (Å²) in [7, 11) is 0. The first-order valence-electron chi connectivity index (χ1n) is 12.4. The van der Waals surface area contributed by atoms with Crippen molar-refractivity contribution in [3.8, 4) is 11.5 Å². The molecule has 0 bridgehead atoms. The Bertz CT molecular complexity index is 1410. The molecule has 1 aliphatic carbocycles. The van der Waals surface area contributed by atoms with Crippen LogP contribution in [0.5, 0.6) is 0 Å². The van der Waals surface area contributed by atoms with E-state index in [0.717, 1.165) is 63.0 Å². The van der Waals surface area contributed by atoms with E-state index in [1.807, 2.05) is 18.5 Å². The molecule has 3 fully saturated rings. The number of imidazole rings is 1. The number of nitrogens with one attached hydrogen (secondary N) is 1. The average Bonchev–Trinajstić information content (AvgIpc) is 3.43. The van der Waals surface area contributed by atoms with E-state index in [0.29, 0.717) is 34.9 Å². The van der Waals surface area contributed by atoms with Crippen LogP contribution in [-0.4, -0.2) is 73.8 Å². The maximum atomic E-state index is 13.3. The normalized spacial score (nSPS) is 26.1. The minimum Gasteiger partial charge on any atom is -0.381 e. The Morgan fingerprint density at radius 1 is 1.05 bits per heavy atom. The van der Waals surface area contributed by atoms with Crippen LogP contribution in [0, 0.1) is 17.8 Å². The molecule has 4 aromatic rings. The fourth-order valence-corrected chi connectivity index (χ4v) is 5.87. The summed E-state index contributed by atoms with van der Waals surface area (Å²) in [6.07, 6.45) is 3.57. The highest BCUT2D eigenvalue weighted by Crippen LogP contribution is 2.51. The number of H-pyrrole nitrogens is 1. The summed E-state index contributed by atoms with van der Waals surface area (Å²) in [5, 5.41) is 7.12. The van der Waals surface area contributed by atoms with E-state index < -0.39 is 11.7 Å². The summed E-state index contributed by atoms with van der Waals surface area (Å²) in [6, 6.07) is 4.38. The Kier molecular flexibility index (Phi) is 5.22. The van der Waals surface area contributed by atoms with Crippen LogP contribution in [0.3, 0.4) is 0 Å². The first-order valence-corrected chi connectivity index (χ1v) is 12.4. The van der Waals surface area contributed by atoms with Crippen molar-refractivity contribution in [3.63, 3.8) is 0 Å². The highest BCUT2D eigenvalue weighted by Gasteiger charge is 2.54. The molecule has 0 aromatic carbocycles. The number of piperazine rings is 1. The molecular formula is C25H25F3N8O. The Balaban J connectivity index is 1.16. The van der Waals surface area contributed by atoms with Crippen LogP contribution >= 0.6 is 0 Å². The molecular weight excluding hydrogens is 485 g/mol. The Hall–Kier alpha value is -3.51. The van der Waals surface area contributed by atoms with Gasteiger partial charge in [-0.2, -0.15) is 18.3 Å². The van der Waals surface area contributed by atoms with Crippen LogP contribution in [0.2, 0.25) is 0 Å². The number of aromatic amines is 1. The van der Waals surface area contributed by atoms with Crippen molar-refractivity contribution >= 4 is 11.5 Å². The largest absolute Gasteiger partial charge is 0.417 e. The lowest BCUT2D eigenvalue weighted by Crippen LogP contribution is -2.49. The van der Waals surface area contributed by atoms with Crippen LogP contribution in [0.1, 0.15) is 17.2 Å². The smallest absolute Gasteiger partial charge is 0.381 e. The zero-order chi connectivity index (χ0) is 25.1. The van der Waals surface area contributed by atoms with Gasteiger partial charge in [0.2, 0.25) is 0 Å². The number of aromatic nitrogens is 6. The zero-order valence-corrected chi connectivity index (χ0v) is 19.8. The topological polar surface area (TPSA) is 87.5 Å². The first kappa shape index (κ1) is 22.7. The molecule has 4 aromatic heterocycles. The standard InChI is InChI=1S/C25H25F3N8O/c26-25(27,28)16-1-2-22-30-9-20(36(22)10-16)24-29-4-3-23(33-24)35-6-5-34(11-17-18-13-37-14-19(17)18)21(12-35)15-7-31-32-8-15/h1-4,7-10,17-19,21H,5-6,11-14H2,(H,31,32). The molecule has 12 heteroatoms. The van der Waals surface area contributed by atoms with Crippen molar-refractivity contribution in [2.75, 3.05) is 44.3 Å². The molecule has 1 N–H and O–H groups in total. The van der Waals surface area contributed by atoms with Gasteiger partial charge in [-0.3, -0.25) is 14.4 Å². The fourth-order valence-electron chi connectivity index (χ4n) is 5.87. The third kappa shape index (κ3) is 4.04. The monoisotopic (exact) mass is 510 g/mol. The van der Waals surface area contributed by atoms with Crippen LogP contribution < -0.4 is 4.90 Å². The fraction of sp³-hybridized carbons (Fsp3) is 0.440. The third-order valence-corrected chi connectivity index (χ3v) is 8.00. The lowest BCUT2D eigenvalue weighted by atomic mass is 10.0. The van der Waals surface area contributed by atoms with Gasteiger partial charge in [-0.05, 0) is 36.0 Å². The number of rotatable bonds is 5. The molecule has 9 nitrogen and oxygen atoms in total. The van der Waals surface area contributed by atoms with Crippen molar-refractivity contribution in [2.45, 2.75) is 12.2 Å². The van der Waals surface area contributed by atoms with Crippen molar-refractivity contribution < 1.29 is 17.9 Å². The van der Waals surface area contributed by atoms with Gasteiger partial charge in [0.05, 0.1) is 37.2 Å². The van der Waals surface area contributed by atoms with E-state index >= 15 is 0 Å². The number of fused-ring (bicyclic) bond motifs is 2. The number of alkyl halides is 3. The number of ether oxygens (including phenoxy) is 1. The van der Waals surface area contributed by atoms with Gasteiger partial charge >= 0.3 is 6.18 Å². The quantitative estimate of drug-likeness (QED) is 0.441. The molecule has 7 rings (SSSR count).